The van der Waals surface area contributed by atoms with Crippen LogP contribution in [0.15, 0.2) is 96.3 Å². The summed E-state index contributed by atoms with van der Waals surface area (Å²) in [5, 5.41) is 1.86. The summed E-state index contributed by atoms with van der Waals surface area (Å²) in [7, 11) is 3.57. The Hall–Kier alpha value is -5.30. The zero-order chi connectivity index (χ0) is 31.6. The number of carbonyl (C=O) groups is 2. The maximum atomic E-state index is 13.6. The second-order valence-electron chi connectivity index (χ2n) is 12.2. The molecule has 4 aromatic carbocycles. The molecule has 1 aliphatic heterocycles. The predicted molar refractivity (Wildman–Crippen MR) is 180 cm³/mol. The van der Waals surface area contributed by atoms with Crippen molar-refractivity contribution in [3.63, 3.8) is 0 Å². The van der Waals surface area contributed by atoms with Crippen molar-refractivity contribution < 1.29 is 14.3 Å². The highest BCUT2D eigenvalue weighted by Crippen LogP contribution is 2.49. The van der Waals surface area contributed by atoms with E-state index < -0.39 is 0 Å². The van der Waals surface area contributed by atoms with E-state index in [4.69, 9.17) is 14.7 Å². The van der Waals surface area contributed by atoms with Crippen LogP contribution in [-0.4, -0.2) is 35.7 Å². The van der Waals surface area contributed by atoms with E-state index in [0.717, 1.165) is 27.8 Å². The van der Waals surface area contributed by atoms with Crippen LogP contribution in [0.3, 0.4) is 0 Å². The fraction of sp³-hybridized carbons (Fsp3) is 0.211. The van der Waals surface area contributed by atoms with E-state index in [0.29, 0.717) is 34.0 Å². The summed E-state index contributed by atoms with van der Waals surface area (Å²) in [5.74, 6) is 2.74. The number of ether oxygens (including phenoxy) is 1. The summed E-state index contributed by atoms with van der Waals surface area (Å²) in [6, 6.07) is 23.5. The number of hydrogen-bond donors (Lipinski definition) is 0. The number of Topliss-reactive ketones (excluding diaryl/α,β-unsaturated/α-hetero) is 2. The number of anilines is 3. The Bertz CT molecular complexity index is 2040. The van der Waals surface area contributed by atoms with Crippen LogP contribution in [0.2, 0.25) is 0 Å². The fourth-order valence-electron chi connectivity index (χ4n) is 6.38. The van der Waals surface area contributed by atoms with Crippen LogP contribution < -0.4 is 14.5 Å². The highest BCUT2D eigenvalue weighted by Gasteiger charge is 2.37. The van der Waals surface area contributed by atoms with Crippen molar-refractivity contribution >= 4 is 50.7 Å². The molecule has 7 heteroatoms. The first kappa shape index (κ1) is 28.5. The molecule has 0 saturated carbocycles. The second kappa shape index (κ2) is 10.7. The zero-order valence-corrected chi connectivity index (χ0v) is 26.3. The van der Waals surface area contributed by atoms with Crippen LogP contribution in [0.1, 0.15) is 71.4 Å². The van der Waals surface area contributed by atoms with Gasteiger partial charge >= 0.3 is 0 Å². The van der Waals surface area contributed by atoms with Gasteiger partial charge in [-0.3, -0.25) is 14.5 Å². The van der Waals surface area contributed by atoms with Crippen molar-refractivity contribution in [2.75, 3.05) is 24.0 Å². The third-order valence-corrected chi connectivity index (χ3v) is 8.77. The van der Waals surface area contributed by atoms with Crippen molar-refractivity contribution in [1.82, 2.24) is 9.97 Å². The molecule has 7 nitrogen and oxygen atoms in total. The van der Waals surface area contributed by atoms with Crippen molar-refractivity contribution in [2.24, 2.45) is 0 Å². The number of aromatic nitrogens is 2. The van der Waals surface area contributed by atoms with E-state index in [1.54, 1.807) is 13.2 Å². The van der Waals surface area contributed by atoms with Crippen LogP contribution in [0.25, 0.3) is 21.8 Å². The van der Waals surface area contributed by atoms with Gasteiger partial charge in [0.05, 0.1) is 29.4 Å². The minimum atomic E-state index is -0.262. The smallest absolute Gasteiger partial charge is 0.197 e. The summed E-state index contributed by atoms with van der Waals surface area (Å²) in [4.78, 5) is 41.6. The van der Waals surface area contributed by atoms with Crippen LogP contribution >= 0.6 is 0 Å². The SMILES string of the molecule is COc1ccc2nc3c(nc2c1)N(C)/C(=C\C=C1C(=O)c2cc4ccccc4cc2C1=O)N3c1c(C(C)C)cccc1C(C)C. The summed E-state index contributed by atoms with van der Waals surface area (Å²) in [6.07, 6.45) is 3.52. The lowest BCUT2D eigenvalue weighted by Crippen LogP contribution is -2.24. The van der Waals surface area contributed by atoms with Gasteiger partial charge < -0.3 is 9.64 Å². The molecule has 45 heavy (non-hydrogen) atoms. The minimum absolute atomic E-state index is 0.147. The lowest BCUT2D eigenvalue weighted by molar-refractivity contribution is 0.0988. The predicted octanol–water partition coefficient (Wildman–Crippen LogP) is 8.47. The lowest BCUT2D eigenvalue weighted by atomic mass is 9.92. The number of nitrogens with zero attached hydrogens (tertiary/aromatic N) is 4. The number of ketones is 2. The van der Waals surface area contributed by atoms with E-state index in [2.05, 4.69) is 50.8 Å². The van der Waals surface area contributed by atoms with E-state index in [1.807, 2.05) is 72.6 Å². The molecule has 0 bridgehead atoms. The van der Waals surface area contributed by atoms with Crippen molar-refractivity contribution in [2.45, 2.75) is 39.5 Å². The zero-order valence-electron chi connectivity index (χ0n) is 26.3. The second-order valence-corrected chi connectivity index (χ2v) is 12.2. The summed E-state index contributed by atoms with van der Waals surface area (Å²) < 4.78 is 5.46. The highest BCUT2D eigenvalue weighted by molar-refractivity contribution is 6.40. The molecule has 1 aromatic heterocycles. The molecule has 0 fully saturated rings. The van der Waals surface area contributed by atoms with Gasteiger partial charge in [0.25, 0.3) is 0 Å². The Kier molecular flexibility index (Phi) is 6.77. The Morgan fingerprint density at radius 2 is 1.31 bits per heavy atom. The van der Waals surface area contributed by atoms with Crippen LogP contribution in [0.4, 0.5) is 17.3 Å². The van der Waals surface area contributed by atoms with Gasteiger partial charge in [0.1, 0.15) is 11.6 Å². The van der Waals surface area contributed by atoms with Crippen LogP contribution in [0.5, 0.6) is 5.75 Å². The lowest BCUT2D eigenvalue weighted by Gasteiger charge is -2.29. The third-order valence-electron chi connectivity index (χ3n) is 8.77. The number of allylic oxidation sites excluding steroid dienone is 3. The third kappa shape index (κ3) is 4.49. The number of methoxy groups -OCH3 is 1. The van der Waals surface area contributed by atoms with Gasteiger partial charge in [-0.2, -0.15) is 0 Å². The molecule has 1 aliphatic carbocycles. The first-order valence-electron chi connectivity index (χ1n) is 15.2. The first-order valence-corrected chi connectivity index (χ1v) is 15.2. The number of hydrogen-bond acceptors (Lipinski definition) is 7. The molecule has 0 atom stereocenters. The monoisotopic (exact) mass is 594 g/mol. The number of benzene rings is 4. The molecule has 0 saturated heterocycles. The van der Waals surface area contributed by atoms with E-state index in [-0.39, 0.29) is 29.0 Å². The molecule has 7 rings (SSSR count). The molecule has 0 spiro atoms. The van der Waals surface area contributed by atoms with E-state index in [9.17, 15) is 9.59 Å². The molecule has 5 aromatic rings. The van der Waals surface area contributed by atoms with Crippen LogP contribution in [0, 0.1) is 0 Å². The number of fused-ring (bicyclic) bond motifs is 4. The average molecular weight is 595 g/mol. The Balaban J connectivity index is 1.44. The van der Waals surface area contributed by atoms with E-state index in [1.165, 1.54) is 11.1 Å². The van der Waals surface area contributed by atoms with Gasteiger partial charge in [-0.05, 0) is 70.2 Å². The maximum Gasteiger partial charge on any atom is 0.197 e. The molecule has 0 amide bonds. The van der Waals surface area contributed by atoms with Gasteiger partial charge in [0.15, 0.2) is 23.2 Å². The Labute approximate surface area is 262 Å². The fourth-order valence-corrected chi connectivity index (χ4v) is 6.38. The normalized spacial score (nSPS) is 15.3. The Morgan fingerprint density at radius 1 is 0.711 bits per heavy atom. The van der Waals surface area contributed by atoms with Gasteiger partial charge in [-0.1, -0.05) is 70.2 Å². The Morgan fingerprint density at radius 3 is 1.89 bits per heavy atom. The molecule has 0 N–H and O–H groups in total. The van der Waals surface area contributed by atoms with E-state index >= 15 is 0 Å². The summed E-state index contributed by atoms with van der Waals surface area (Å²) in [5.41, 5.74) is 5.87. The van der Waals surface area contributed by atoms with Gasteiger partial charge in [0.2, 0.25) is 0 Å². The van der Waals surface area contributed by atoms with Gasteiger partial charge in [-0.15, -0.1) is 0 Å². The van der Waals surface area contributed by atoms with Crippen LogP contribution in [-0.2, 0) is 0 Å². The topological polar surface area (TPSA) is 75.6 Å². The summed E-state index contributed by atoms with van der Waals surface area (Å²) >= 11 is 0. The molecule has 0 unspecified atom stereocenters. The quantitative estimate of drug-likeness (QED) is 0.149. The number of rotatable bonds is 5. The first-order chi connectivity index (χ1) is 21.7. The number of carbonyl (C=O) groups excluding carboxylic acids is 2. The highest BCUT2D eigenvalue weighted by atomic mass is 16.5. The molecular formula is C38H34N4O3. The van der Waals surface area contributed by atoms with Gasteiger partial charge in [-0.25, -0.2) is 9.97 Å². The molecule has 224 valence electrons. The molecule has 2 heterocycles. The molecular weight excluding hydrogens is 560 g/mol. The van der Waals surface area contributed by atoms with Crippen molar-refractivity contribution in [3.05, 3.63) is 119 Å². The summed E-state index contributed by atoms with van der Waals surface area (Å²) in [6.45, 7) is 8.74. The molecule has 2 aliphatic rings. The maximum absolute atomic E-state index is 13.6. The molecule has 0 radical (unpaired) electrons. The average Bonchev–Trinajstić information content (AvgIpc) is 3.44. The van der Waals surface area contributed by atoms with Crippen molar-refractivity contribution in [1.29, 1.82) is 0 Å². The van der Waals surface area contributed by atoms with Gasteiger partial charge in [0, 0.05) is 24.2 Å². The standard InChI is InChI=1S/C38H34N4O3/c1-21(2)26-12-9-13-27(22(3)4)34(26)42-33(41(5)37-38(42)39-31-16-14-25(45-6)20-32(31)40-37)17-15-28-35(43)29-18-23-10-7-8-11-24(23)19-30(29)36(28)44/h7-22H,1-6H3/b33-17+. The minimum Gasteiger partial charge on any atom is -0.497 e. The largest absolute Gasteiger partial charge is 0.497 e. The van der Waals surface area contributed by atoms with Crippen molar-refractivity contribution in [3.8, 4) is 5.75 Å². The number of para-hydroxylation sites is 1.